The van der Waals surface area contributed by atoms with Gasteiger partial charge in [0.25, 0.3) is 0 Å². The van der Waals surface area contributed by atoms with Gasteiger partial charge in [0.1, 0.15) is 11.6 Å². The molecule has 1 aliphatic rings. The Morgan fingerprint density at radius 1 is 1.13 bits per heavy atom. The Bertz CT molecular complexity index is 891. The van der Waals surface area contributed by atoms with Crippen LogP contribution in [0.25, 0.3) is 0 Å². The Hall–Kier alpha value is -2.96. The molecule has 1 aliphatic heterocycles. The molecule has 0 aliphatic carbocycles. The van der Waals surface area contributed by atoms with Gasteiger partial charge in [0.15, 0.2) is 0 Å². The summed E-state index contributed by atoms with van der Waals surface area (Å²) < 4.78 is 27.2. The first-order valence-corrected chi connectivity index (χ1v) is 10.3. The number of hydrogen-bond donors (Lipinski definition) is 2. The first-order chi connectivity index (χ1) is 14.4. The van der Waals surface area contributed by atoms with Crippen molar-refractivity contribution in [2.75, 3.05) is 11.9 Å². The predicted octanol–water partition coefficient (Wildman–Crippen LogP) is 4.86. The topological polar surface area (TPSA) is 61.4 Å². The van der Waals surface area contributed by atoms with Crippen LogP contribution < -0.4 is 10.6 Å². The van der Waals surface area contributed by atoms with Gasteiger partial charge in [-0.05, 0) is 43.9 Å². The fourth-order valence-electron chi connectivity index (χ4n) is 3.67. The maximum absolute atomic E-state index is 14.0. The molecule has 1 heterocycles. The van der Waals surface area contributed by atoms with Crippen molar-refractivity contribution >= 4 is 17.6 Å². The van der Waals surface area contributed by atoms with Crippen LogP contribution in [0.4, 0.5) is 19.3 Å². The van der Waals surface area contributed by atoms with E-state index >= 15 is 0 Å². The number of hydrogen-bond acceptors (Lipinski definition) is 2. The van der Waals surface area contributed by atoms with Gasteiger partial charge < -0.3 is 15.5 Å². The molecule has 7 heteroatoms. The van der Waals surface area contributed by atoms with Crippen LogP contribution in [-0.2, 0) is 4.79 Å². The molecule has 3 amide bonds. The minimum atomic E-state index is -0.845. The van der Waals surface area contributed by atoms with E-state index in [2.05, 4.69) is 10.6 Å². The molecule has 0 spiro atoms. The van der Waals surface area contributed by atoms with Crippen molar-refractivity contribution in [3.63, 3.8) is 0 Å². The lowest BCUT2D eigenvalue weighted by atomic mass is 9.88. The molecule has 0 saturated carbocycles. The molecule has 1 fully saturated rings. The number of rotatable bonds is 5. The van der Waals surface area contributed by atoms with Crippen LogP contribution in [0, 0.1) is 17.6 Å². The molecule has 1 saturated heterocycles. The van der Waals surface area contributed by atoms with E-state index in [0.717, 1.165) is 24.1 Å². The third-order valence-electron chi connectivity index (χ3n) is 5.57. The van der Waals surface area contributed by atoms with Gasteiger partial charge in [-0.3, -0.25) is 4.79 Å². The van der Waals surface area contributed by atoms with Crippen molar-refractivity contribution in [3.8, 4) is 0 Å². The molecule has 3 atom stereocenters. The summed E-state index contributed by atoms with van der Waals surface area (Å²) in [5.41, 5.74) is 0.854. The third kappa shape index (κ3) is 5.14. The quantitative estimate of drug-likeness (QED) is 0.732. The summed E-state index contributed by atoms with van der Waals surface area (Å²) in [5, 5.41) is 5.51. The summed E-state index contributed by atoms with van der Waals surface area (Å²) in [6.07, 6.45) is 2.08. The van der Waals surface area contributed by atoms with Crippen molar-refractivity contribution in [1.29, 1.82) is 0 Å². The Balaban J connectivity index is 1.81. The summed E-state index contributed by atoms with van der Waals surface area (Å²) in [5.74, 6) is -1.99. The molecule has 2 aromatic carbocycles. The van der Waals surface area contributed by atoms with Crippen LogP contribution in [0.2, 0.25) is 0 Å². The van der Waals surface area contributed by atoms with Crippen LogP contribution in [-0.4, -0.2) is 29.4 Å². The highest BCUT2D eigenvalue weighted by Crippen LogP contribution is 2.34. The number of halogens is 2. The zero-order valence-corrected chi connectivity index (χ0v) is 17.2. The van der Waals surface area contributed by atoms with Crippen molar-refractivity contribution in [3.05, 3.63) is 65.7 Å². The van der Waals surface area contributed by atoms with E-state index in [4.69, 9.17) is 0 Å². The van der Waals surface area contributed by atoms with E-state index in [1.54, 1.807) is 4.90 Å². The molecule has 0 unspecified atom stereocenters. The van der Waals surface area contributed by atoms with Crippen LogP contribution in [0.5, 0.6) is 0 Å². The first-order valence-electron chi connectivity index (χ1n) is 10.3. The van der Waals surface area contributed by atoms with E-state index in [0.29, 0.717) is 12.8 Å². The van der Waals surface area contributed by atoms with Gasteiger partial charge >= 0.3 is 6.03 Å². The number of nitrogens with zero attached hydrogens (tertiary/aromatic N) is 1. The predicted molar refractivity (Wildman–Crippen MR) is 112 cm³/mol. The van der Waals surface area contributed by atoms with Crippen LogP contribution >= 0.6 is 0 Å². The van der Waals surface area contributed by atoms with Crippen molar-refractivity contribution < 1.29 is 18.4 Å². The number of likely N-dealkylation sites (tertiary alicyclic amines) is 1. The second-order valence-electron chi connectivity index (χ2n) is 7.73. The summed E-state index contributed by atoms with van der Waals surface area (Å²) in [6, 6.07) is 11.9. The Morgan fingerprint density at radius 3 is 2.53 bits per heavy atom. The number of benzene rings is 2. The number of anilines is 1. The maximum atomic E-state index is 14.0. The highest BCUT2D eigenvalue weighted by molar-refractivity contribution is 5.90. The zero-order chi connectivity index (χ0) is 21.7. The van der Waals surface area contributed by atoms with E-state index in [1.807, 2.05) is 44.2 Å². The van der Waals surface area contributed by atoms with Gasteiger partial charge in [0.05, 0.1) is 17.6 Å². The number of carbonyl (C=O) groups is 2. The van der Waals surface area contributed by atoms with Gasteiger partial charge in [-0.2, -0.15) is 0 Å². The maximum Gasteiger partial charge on any atom is 0.322 e. The number of piperidine rings is 1. The molecule has 160 valence electrons. The molecular formula is C23H27F2N3O2. The number of urea groups is 1. The summed E-state index contributed by atoms with van der Waals surface area (Å²) in [4.78, 5) is 27.3. The van der Waals surface area contributed by atoms with Gasteiger partial charge in [-0.15, -0.1) is 0 Å². The molecule has 0 aromatic heterocycles. The van der Waals surface area contributed by atoms with E-state index < -0.39 is 17.7 Å². The SMILES string of the molecule is CC[C@H](C)NC(=O)[C@@H]1CC[C@H](c2ccccc2)N(C(=O)Nc2ccc(F)cc2F)C1. The lowest BCUT2D eigenvalue weighted by Gasteiger charge is -2.39. The van der Waals surface area contributed by atoms with E-state index in [-0.39, 0.29) is 36.1 Å². The lowest BCUT2D eigenvalue weighted by Crippen LogP contribution is -2.49. The monoisotopic (exact) mass is 415 g/mol. The molecule has 5 nitrogen and oxygen atoms in total. The summed E-state index contributed by atoms with van der Waals surface area (Å²) in [7, 11) is 0. The molecule has 0 bridgehead atoms. The molecule has 3 rings (SSSR count). The smallest absolute Gasteiger partial charge is 0.322 e. The van der Waals surface area contributed by atoms with E-state index in [9.17, 15) is 18.4 Å². The zero-order valence-electron chi connectivity index (χ0n) is 17.2. The Labute approximate surface area is 175 Å². The van der Waals surface area contributed by atoms with Gasteiger partial charge in [-0.1, -0.05) is 37.3 Å². The first kappa shape index (κ1) is 21.7. The Morgan fingerprint density at radius 2 is 1.87 bits per heavy atom. The van der Waals surface area contributed by atoms with Crippen molar-refractivity contribution in [2.24, 2.45) is 5.92 Å². The molecule has 30 heavy (non-hydrogen) atoms. The van der Waals surface area contributed by atoms with Crippen LogP contribution in [0.1, 0.15) is 44.7 Å². The largest absolute Gasteiger partial charge is 0.353 e. The highest BCUT2D eigenvalue weighted by Gasteiger charge is 2.36. The van der Waals surface area contributed by atoms with Gasteiger partial charge in [0.2, 0.25) is 5.91 Å². The average Bonchev–Trinajstić information content (AvgIpc) is 2.75. The Kier molecular flexibility index (Phi) is 7.03. The number of amides is 3. The summed E-state index contributed by atoms with van der Waals surface area (Å²) in [6.45, 7) is 4.15. The standard InChI is InChI=1S/C23H27F2N3O2/c1-3-15(2)26-22(29)17-9-12-21(16-7-5-4-6-8-16)28(14-17)23(30)27-20-11-10-18(24)13-19(20)25/h4-8,10-11,13,15,17,21H,3,9,12,14H2,1-2H3,(H,26,29)(H,27,30)/t15-,17+,21+/m0/s1. The van der Waals surface area contributed by atoms with Crippen LogP contribution in [0.15, 0.2) is 48.5 Å². The fourth-order valence-corrected chi connectivity index (χ4v) is 3.67. The molecular weight excluding hydrogens is 388 g/mol. The van der Waals surface area contributed by atoms with Crippen molar-refractivity contribution in [1.82, 2.24) is 10.2 Å². The number of nitrogens with one attached hydrogen (secondary N) is 2. The highest BCUT2D eigenvalue weighted by atomic mass is 19.1. The van der Waals surface area contributed by atoms with Crippen LogP contribution in [0.3, 0.4) is 0 Å². The number of carbonyl (C=O) groups excluding carboxylic acids is 2. The summed E-state index contributed by atoms with van der Waals surface area (Å²) >= 11 is 0. The molecule has 0 radical (unpaired) electrons. The second-order valence-corrected chi connectivity index (χ2v) is 7.73. The van der Waals surface area contributed by atoms with E-state index in [1.165, 1.54) is 6.07 Å². The average molecular weight is 415 g/mol. The van der Waals surface area contributed by atoms with Gasteiger partial charge in [0, 0.05) is 18.7 Å². The third-order valence-corrected chi connectivity index (χ3v) is 5.57. The lowest BCUT2D eigenvalue weighted by molar-refractivity contribution is -0.127. The second kappa shape index (κ2) is 9.69. The van der Waals surface area contributed by atoms with Gasteiger partial charge in [-0.25, -0.2) is 13.6 Å². The fraction of sp³-hybridized carbons (Fsp3) is 0.391. The van der Waals surface area contributed by atoms with Crippen molar-refractivity contribution in [2.45, 2.75) is 45.2 Å². The molecule has 2 N–H and O–H groups in total. The normalized spacial score (nSPS) is 19.8. The minimum Gasteiger partial charge on any atom is -0.353 e. The minimum absolute atomic E-state index is 0.0555. The molecule has 2 aromatic rings.